The standard InChI is InChI=1S/C11H17N3OS/c1-9(2)12-3-5-15-8-10-7-14-4-6-16-11(14)13-10/h4,6-7,9,12H,3,5,8H2,1-2H3. The average Bonchev–Trinajstić information content (AvgIpc) is 2.76. The van der Waals surface area contributed by atoms with Crippen molar-refractivity contribution in [2.24, 2.45) is 0 Å². The molecule has 0 fully saturated rings. The van der Waals surface area contributed by atoms with Crippen LogP contribution in [0.1, 0.15) is 19.5 Å². The number of aromatic nitrogens is 2. The van der Waals surface area contributed by atoms with Crippen LogP contribution in [0, 0.1) is 0 Å². The highest BCUT2D eigenvalue weighted by atomic mass is 32.1. The van der Waals surface area contributed by atoms with Crippen molar-refractivity contribution >= 4 is 16.3 Å². The second kappa shape index (κ2) is 5.43. The van der Waals surface area contributed by atoms with E-state index >= 15 is 0 Å². The van der Waals surface area contributed by atoms with Crippen molar-refractivity contribution in [1.82, 2.24) is 14.7 Å². The van der Waals surface area contributed by atoms with Crippen LogP contribution in [0.4, 0.5) is 0 Å². The molecule has 1 N–H and O–H groups in total. The predicted octanol–water partition coefficient (Wildman–Crippen LogP) is 1.91. The molecular weight excluding hydrogens is 222 g/mol. The SMILES string of the molecule is CC(C)NCCOCc1cn2ccsc2n1. The number of nitrogens with zero attached hydrogens (tertiary/aromatic N) is 2. The van der Waals surface area contributed by atoms with Crippen molar-refractivity contribution in [3.05, 3.63) is 23.5 Å². The third-order valence-corrected chi connectivity index (χ3v) is 2.96. The average molecular weight is 239 g/mol. The van der Waals surface area contributed by atoms with Gasteiger partial charge in [-0.05, 0) is 0 Å². The number of nitrogens with one attached hydrogen (secondary N) is 1. The monoisotopic (exact) mass is 239 g/mol. The lowest BCUT2D eigenvalue weighted by Gasteiger charge is -2.07. The lowest BCUT2D eigenvalue weighted by molar-refractivity contribution is 0.119. The minimum Gasteiger partial charge on any atom is -0.374 e. The fourth-order valence-corrected chi connectivity index (χ4v) is 2.16. The number of fused-ring (bicyclic) bond motifs is 1. The van der Waals surface area contributed by atoms with E-state index in [4.69, 9.17) is 4.74 Å². The molecule has 0 unspecified atom stereocenters. The summed E-state index contributed by atoms with van der Waals surface area (Å²) in [6.45, 7) is 6.46. The molecule has 5 heteroatoms. The van der Waals surface area contributed by atoms with Gasteiger partial charge in [-0.2, -0.15) is 0 Å². The highest BCUT2D eigenvalue weighted by Gasteiger charge is 2.02. The molecule has 4 nitrogen and oxygen atoms in total. The molecule has 2 heterocycles. The van der Waals surface area contributed by atoms with Gasteiger partial charge in [0, 0.05) is 30.4 Å². The Morgan fingerprint density at radius 3 is 3.19 bits per heavy atom. The number of rotatable bonds is 6. The third kappa shape index (κ3) is 3.04. The Hall–Kier alpha value is -0.910. The molecule has 0 spiro atoms. The number of hydrogen-bond donors (Lipinski definition) is 1. The predicted molar refractivity (Wildman–Crippen MR) is 65.9 cm³/mol. The number of hydrogen-bond acceptors (Lipinski definition) is 4. The summed E-state index contributed by atoms with van der Waals surface area (Å²) in [5.41, 5.74) is 0.997. The first-order chi connectivity index (χ1) is 7.75. The molecule has 2 aromatic rings. The van der Waals surface area contributed by atoms with E-state index in [0.29, 0.717) is 12.6 Å². The smallest absolute Gasteiger partial charge is 0.193 e. The fraction of sp³-hybridized carbons (Fsp3) is 0.545. The zero-order valence-electron chi connectivity index (χ0n) is 9.64. The lowest BCUT2D eigenvalue weighted by Crippen LogP contribution is -2.26. The summed E-state index contributed by atoms with van der Waals surface area (Å²) in [6.07, 6.45) is 4.03. The van der Waals surface area contributed by atoms with Gasteiger partial charge in [-0.25, -0.2) is 4.98 Å². The van der Waals surface area contributed by atoms with Crippen molar-refractivity contribution in [3.8, 4) is 0 Å². The summed E-state index contributed by atoms with van der Waals surface area (Å²) in [5.74, 6) is 0. The maximum Gasteiger partial charge on any atom is 0.193 e. The Bertz CT molecular complexity index is 407. The molecule has 0 amide bonds. The summed E-state index contributed by atoms with van der Waals surface area (Å²) in [5, 5.41) is 5.33. The highest BCUT2D eigenvalue weighted by Crippen LogP contribution is 2.11. The number of imidazole rings is 1. The summed E-state index contributed by atoms with van der Waals surface area (Å²) >= 11 is 1.64. The molecule has 2 aromatic heterocycles. The van der Waals surface area contributed by atoms with E-state index in [1.54, 1.807) is 11.3 Å². The Morgan fingerprint density at radius 1 is 1.56 bits per heavy atom. The molecule has 0 atom stereocenters. The number of thiazole rings is 1. The van der Waals surface area contributed by atoms with Crippen LogP contribution in [-0.2, 0) is 11.3 Å². The first kappa shape index (κ1) is 11.6. The van der Waals surface area contributed by atoms with Gasteiger partial charge in [-0.15, -0.1) is 11.3 Å². The van der Waals surface area contributed by atoms with Crippen LogP contribution < -0.4 is 5.32 Å². The van der Waals surface area contributed by atoms with E-state index in [-0.39, 0.29) is 0 Å². The Balaban J connectivity index is 1.72. The van der Waals surface area contributed by atoms with Crippen molar-refractivity contribution in [3.63, 3.8) is 0 Å². The van der Waals surface area contributed by atoms with Gasteiger partial charge in [-0.1, -0.05) is 13.8 Å². The van der Waals surface area contributed by atoms with Crippen molar-refractivity contribution in [2.45, 2.75) is 26.5 Å². The van der Waals surface area contributed by atoms with Crippen LogP contribution in [0.3, 0.4) is 0 Å². The van der Waals surface area contributed by atoms with Gasteiger partial charge in [0.2, 0.25) is 0 Å². The molecule has 0 aromatic carbocycles. The number of ether oxygens (including phenoxy) is 1. The molecule has 88 valence electrons. The first-order valence-electron chi connectivity index (χ1n) is 5.48. The van der Waals surface area contributed by atoms with Crippen LogP contribution in [0.25, 0.3) is 4.96 Å². The maximum absolute atomic E-state index is 5.54. The van der Waals surface area contributed by atoms with E-state index in [1.807, 2.05) is 22.2 Å². The quantitative estimate of drug-likeness (QED) is 0.783. The molecule has 0 aliphatic rings. The van der Waals surface area contributed by atoms with Gasteiger partial charge in [0.1, 0.15) is 0 Å². The summed E-state index contributed by atoms with van der Waals surface area (Å²) < 4.78 is 7.56. The van der Waals surface area contributed by atoms with Gasteiger partial charge in [0.25, 0.3) is 0 Å². The summed E-state index contributed by atoms with van der Waals surface area (Å²) in [7, 11) is 0. The largest absolute Gasteiger partial charge is 0.374 e. The molecule has 0 aliphatic heterocycles. The third-order valence-electron chi connectivity index (χ3n) is 2.19. The maximum atomic E-state index is 5.54. The molecule has 0 radical (unpaired) electrons. The normalized spacial score (nSPS) is 11.7. The van der Waals surface area contributed by atoms with Crippen molar-refractivity contribution in [2.75, 3.05) is 13.2 Å². The molecule has 0 saturated carbocycles. The van der Waals surface area contributed by atoms with E-state index in [0.717, 1.165) is 23.8 Å². The first-order valence-corrected chi connectivity index (χ1v) is 6.36. The van der Waals surface area contributed by atoms with Crippen LogP contribution in [0.5, 0.6) is 0 Å². The van der Waals surface area contributed by atoms with Crippen molar-refractivity contribution in [1.29, 1.82) is 0 Å². The van der Waals surface area contributed by atoms with Gasteiger partial charge in [0.15, 0.2) is 4.96 Å². The zero-order valence-corrected chi connectivity index (χ0v) is 10.5. The molecule has 0 bridgehead atoms. The van der Waals surface area contributed by atoms with Gasteiger partial charge >= 0.3 is 0 Å². The molecule has 16 heavy (non-hydrogen) atoms. The minimum atomic E-state index is 0.515. The van der Waals surface area contributed by atoms with Crippen molar-refractivity contribution < 1.29 is 4.74 Å². The van der Waals surface area contributed by atoms with E-state index in [2.05, 4.69) is 24.1 Å². The Morgan fingerprint density at radius 2 is 2.44 bits per heavy atom. The van der Waals surface area contributed by atoms with Gasteiger partial charge in [0.05, 0.1) is 18.9 Å². The highest BCUT2D eigenvalue weighted by molar-refractivity contribution is 7.15. The molecule has 0 saturated heterocycles. The molecular formula is C11H17N3OS. The topological polar surface area (TPSA) is 38.6 Å². The van der Waals surface area contributed by atoms with E-state index < -0.39 is 0 Å². The fourth-order valence-electron chi connectivity index (χ4n) is 1.44. The second-order valence-corrected chi connectivity index (χ2v) is 4.86. The molecule has 2 rings (SSSR count). The van der Waals surface area contributed by atoms with Gasteiger partial charge in [-0.3, -0.25) is 4.40 Å². The van der Waals surface area contributed by atoms with Crippen LogP contribution in [-0.4, -0.2) is 28.6 Å². The van der Waals surface area contributed by atoms with Crippen LogP contribution in [0.15, 0.2) is 17.8 Å². The second-order valence-electron chi connectivity index (χ2n) is 3.99. The minimum absolute atomic E-state index is 0.515. The lowest BCUT2D eigenvalue weighted by atomic mass is 10.4. The zero-order chi connectivity index (χ0) is 11.4. The van der Waals surface area contributed by atoms with E-state index in [1.165, 1.54) is 0 Å². The Kier molecular flexibility index (Phi) is 3.93. The van der Waals surface area contributed by atoms with Crippen LogP contribution in [0.2, 0.25) is 0 Å². The van der Waals surface area contributed by atoms with E-state index in [9.17, 15) is 0 Å². The molecule has 0 aliphatic carbocycles. The summed E-state index contributed by atoms with van der Waals surface area (Å²) in [4.78, 5) is 5.47. The van der Waals surface area contributed by atoms with Crippen LogP contribution >= 0.6 is 11.3 Å². The Labute approximate surface area is 99.3 Å². The summed E-state index contributed by atoms with van der Waals surface area (Å²) in [6, 6.07) is 0.515. The van der Waals surface area contributed by atoms with Gasteiger partial charge < -0.3 is 10.1 Å².